The first kappa shape index (κ1) is 15.5. The minimum Gasteiger partial charge on any atom is -0.369 e. The van der Waals surface area contributed by atoms with Crippen molar-refractivity contribution in [3.05, 3.63) is 50.7 Å². The minimum absolute atomic E-state index is 0.814. The maximum Gasteiger partial charge on any atom is 0.0407 e. The van der Waals surface area contributed by atoms with Crippen molar-refractivity contribution in [2.45, 2.75) is 32.2 Å². The summed E-state index contributed by atoms with van der Waals surface area (Å²) in [5.74, 6) is 0. The Morgan fingerprint density at radius 1 is 0.957 bits per heavy atom. The summed E-state index contributed by atoms with van der Waals surface area (Å²) in [6.07, 6.45) is 5.37. The molecular weight excluding hydrogens is 324 g/mol. The first-order valence-corrected chi connectivity index (χ1v) is 9.86. The van der Waals surface area contributed by atoms with Crippen LogP contribution >= 0.6 is 22.9 Å². The van der Waals surface area contributed by atoms with Crippen LogP contribution in [0.3, 0.4) is 0 Å². The molecule has 2 heterocycles. The summed E-state index contributed by atoms with van der Waals surface area (Å²) >= 11 is 7.98. The second-order valence-corrected chi connectivity index (χ2v) is 8.01. The van der Waals surface area contributed by atoms with Gasteiger partial charge in [0.25, 0.3) is 0 Å². The van der Waals surface area contributed by atoms with Gasteiger partial charge in [0.15, 0.2) is 0 Å². The van der Waals surface area contributed by atoms with Crippen LogP contribution in [0.15, 0.2) is 29.6 Å². The van der Waals surface area contributed by atoms with E-state index >= 15 is 0 Å². The number of halogens is 1. The molecule has 1 fully saturated rings. The second kappa shape index (κ2) is 6.84. The molecule has 2 nitrogen and oxygen atoms in total. The Morgan fingerprint density at radius 3 is 2.48 bits per heavy atom. The SMILES string of the molecule is Clc1ccc(N2CCN(Cc3csc4c3CCCC4)CC2)cc1. The zero-order valence-electron chi connectivity index (χ0n) is 13.4. The van der Waals surface area contributed by atoms with Crippen molar-refractivity contribution < 1.29 is 0 Å². The fraction of sp³-hybridized carbons (Fsp3) is 0.474. The van der Waals surface area contributed by atoms with Crippen molar-refractivity contribution in [3.8, 4) is 0 Å². The highest BCUT2D eigenvalue weighted by atomic mass is 35.5. The van der Waals surface area contributed by atoms with E-state index in [1.165, 1.54) is 31.4 Å². The molecule has 2 aliphatic rings. The lowest BCUT2D eigenvalue weighted by Gasteiger charge is -2.36. The van der Waals surface area contributed by atoms with Gasteiger partial charge < -0.3 is 4.90 Å². The van der Waals surface area contributed by atoms with E-state index in [1.807, 2.05) is 23.5 Å². The number of fused-ring (bicyclic) bond motifs is 1. The van der Waals surface area contributed by atoms with Gasteiger partial charge in [0.2, 0.25) is 0 Å². The number of nitrogens with zero attached hydrogens (tertiary/aromatic N) is 2. The van der Waals surface area contributed by atoms with Crippen LogP contribution in [-0.4, -0.2) is 31.1 Å². The van der Waals surface area contributed by atoms with Crippen LogP contribution in [0, 0.1) is 0 Å². The van der Waals surface area contributed by atoms with Crippen molar-refractivity contribution in [1.29, 1.82) is 0 Å². The van der Waals surface area contributed by atoms with E-state index in [1.54, 1.807) is 16.0 Å². The number of aryl methyl sites for hydroxylation is 1. The zero-order valence-corrected chi connectivity index (χ0v) is 15.0. The molecule has 0 atom stereocenters. The Morgan fingerprint density at radius 2 is 1.70 bits per heavy atom. The normalized spacial score (nSPS) is 18.9. The third-order valence-corrected chi connectivity index (χ3v) is 6.50. The van der Waals surface area contributed by atoms with E-state index in [9.17, 15) is 0 Å². The lowest BCUT2D eigenvalue weighted by atomic mass is 9.95. The molecule has 0 spiro atoms. The molecule has 0 bridgehead atoms. The summed E-state index contributed by atoms with van der Waals surface area (Å²) in [4.78, 5) is 6.74. The number of thiophene rings is 1. The molecule has 1 aromatic heterocycles. The third kappa shape index (κ3) is 3.42. The average Bonchev–Trinajstić information content (AvgIpc) is 3.00. The number of benzene rings is 1. The first-order valence-electron chi connectivity index (χ1n) is 8.60. The molecule has 23 heavy (non-hydrogen) atoms. The molecule has 1 saturated heterocycles. The summed E-state index contributed by atoms with van der Waals surface area (Å²) in [5.41, 5.74) is 4.58. The first-order chi connectivity index (χ1) is 11.3. The van der Waals surface area contributed by atoms with Gasteiger partial charge in [0.05, 0.1) is 0 Å². The fourth-order valence-electron chi connectivity index (χ4n) is 3.75. The highest BCUT2D eigenvalue weighted by Gasteiger charge is 2.21. The van der Waals surface area contributed by atoms with Crippen LogP contribution in [0.5, 0.6) is 0 Å². The van der Waals surface area contributed by atoms with Crippen LogP contribution in [0.1, 0.15) is 28.8 Å². The molecule has 0 N–H and O–H groups in total. The standard InChI is InChI=1S/C19H23ClN2S/c20-16-5-7-17(8-6-16)22-11-9-21(10-12-22)13-15-14-23-19-4-2-1-3-18(15)19/h5-8,14H,1-4,9-13H2. The van der Waals surface area contributed by atoms with Gasteiger partial charge in [-0.25, -0.2) is 0 Å². The van der Waals surface area contributed by atoms with Crippen molar-refractivity contribution in [2.75, 3.05) is 31.1 Å². The molecule has 0 saturated carbocycles. The van der Waals surface area contributed by atoms with E-state index in [2.05, 4.69) is 27.3 Å². The predicted octanol–water partition coefficient (Wildman–Crippen LogP) is 4.60. The van der Waals surface area contributed by atoms with Crippen molar-refractivity contribution in [3.63, 3.8) is 0 Å². The Labute approximate surface area is 147 Å². The summed E-state index contributed by atoms with van der Waals surface area (Å²) < 4.78 is 0. The van der Waals surface area contributed by atoms with E-state index in [0.717, 1.165) is 37.7 Å². The number of hydrogen-bond acceptors (Lipinski definition) is 3. The second-order valence-electron chi connectivity index (χ2n) is 6.61. The molecule has 122 valence electrons. The monoisotopic (exact) mass is 346 g/mol. The summed E-state index contributed by atoms with van der Waals surface area (Å²) in [6, 6.07) is 8.24. The van der Waals surface area contributed by atoms with Crippen molar-refractivity contribution in [1.82, 2.24) is 4.90 Å². The quantitative estimate of drug-likeness (QED) is 0.801. The molecule has 1 aromatic carbocycles. The van der Waals surface area contributed by atoms with Crippen LogP contribution < -0.4 is 4.90 Å². The predicted molar refractivity (Wildman–Crippen MR) is 99.9 cm³/mol. The topological polar surface area (TPSA) is 6.48 Å². The Hall–Kier alpha value is -1.03. The number of piperazine rings is 1. The number of anilines is 1. The Kier molecular flexibility index (Phi) is 4.61. The van der Waals surface area contributed by atoms with Crippen LogP contribution in [0.2, 0.25) is 5.02 Å². The highest BCUT2D eigenvalue weighted by molar-refractivity contribution is 7.10. The zero-order chi connectivity index (χ0) is 15.6. The van der Waals surface area contributed by atoms with Gasteiger partial charge in [0.1, 0.15) is 0 Å². The largest absolute Gasteiger partial charge is 0.369 e. The molecule has 4 rings (SSSR count). The van der Waals surface area contributed by atoms with Crippen molar-refractivity contribution >= 4 is 28.6 Å². The molecule has 0 radical (unpaired) electrons. The molecule has 1 aliphatic carbocycles. The van der Waals surface area contributed by atoms with Gasteiger partial charge in [0, 0.05) is 48.3 Å². The molecule has 4 heteroatoms. The Balaban J connectivity index is 1.36. The number of rotatable bonds is 3. The van der Waals surface area contributed by atoms with E-state index in [-0.39, 0.29) is 0 Å². The molecule has 2 aromatic rings. The molecule has 1 aliphatic heterocycles. The molecule has 0 unspecified atom stereocenters. The van der Waals surface area contributed by atoms with Gasteiger partial charge in [-0.15, -0.1) is 11.3 Å². The van der Waals surface area contributed by atoms with Crippen molar-refractivity contribution in [2.24, 2.45) is 0 Å². The van der Waals surface area contributed by atoms with E-state index in [0.29, 0.717) is 0 Å². The highest BCUT2D eigenvalue weighted by Crippen LogP contribution is 2.31. The van der Waals surface area contributed by atoms with Crippen LogP contribution in [0.4, 0.5) is 5.69 Å². The molecular formula is C19H23ClN2S. The number of hydrogen-bond donors (Lipinski definition) is 0. The summed E-state index contributed by atoms with van der Waals surface area (Å²) in [7, 11) is 0. The lowest BCUT2D eigenvalue weighted by Crippen LogP contribution is -2.46. The van der Waals surface area contributed by atoms with E-state index in [4.69, 9.17) is 11.6 Å². The van der Waals surface area contributed by atoms with Crippen LogP contribution in [0.25, 0.3) is 0 Å². The average molecular weight is 347 g/mol. The minimum atomic E-state index is 0.814. The summed E-state index contributed by atoms with van der Waals surface area (Å²) in [6.45, 7) is 5.64. The lowest BCUT2D eigenvalue weighted by molar-refractivity contribution is 0.249. The van der Waals surface area contributed by atoms with Gasteiger partial charge in [-0.1, -0.05) is 11.6 Å². The van der Waals surface area contributed by atoms with E-state index < -0.39 is 0 Å². The maximum atomic E-state index is 5.99. The van der Waals surface area contributed by atoms with Crippen LogP contribution in [-0.2, 0) is 19.4 Å². The third-order valence-electron chi connectivity index (χ3n) is 5.11. The Bertz CT molecular complexity index is 657. The summed E-state index contributed by atoms with van der Waals surface area (Å²) in [5, 5.41) is 3.23. The molecule has 0 amide bonds. The maximum absolute atomic E-state index is 5.99. The van der Waals surface area contributed by atoms with Gasteiger partial charge in [-0.2, -0.15) is 0 Å². The smallest absolute Gasteiger partial charge is 0.0407 e. The fourth-order valence-corrected chi connectivity index (χ4v) is 5.02. The van der Waals surface area contributed by atoms with Gasteiger partial charge in [-0.3, -0.25) is 4.90 Å². The van der Waals surface area contributed by atoms with Gasteiger partial charge >= 0.3 is 0 Å². The van der Waals surface area contributed by atoms with Gasteiger partial charge in [-0.05, 0) is 66.5 Å².